The van der Waals surface area contributed by atoms with Crippen LogP contribution in [0.5, 0.6) is 0 Å². The molecule has 2 atom stereocenters. The van der Waals surface area contributed by atoms with Crippen LogP contribution in [0.2, 0.25) is 0 Å². The van der Waals surface area contributed by atoms with Crippen molar-refractivity contribution >= 4 is 42.8 Å². The van der Waals surface area contributed by atoms with Crippen molar-refractivity contribution in [2.24, 2.45) is 5.92 Å². The maximum absolute atomic E-state index is 14.1. The van der Waals surface area contributed by atoms with Crippen LogP contribution in [-0.2, 0) is 16.4 Å². The largest absolute Gasteiger partial charge is 0.465 e. The summed E-state index contributed by atoms with van der Waals surface area (Å²) in [6, 6.07) is 14.3. The monoisotopic (exact) mass is 643 g/mol. The van der Waals surface area contributed by atoms with E-state index in [0.29, 0.717) is 12.1 Å². The number of nitrogens with zero attached hydrogens (tertiary/aromatic N) is 3. The smallest absolute Gasteiger partial charge is 0.404 e. The lowest BCUT2D eigenvalue weighted by atomic mass is 10.0. The van der Waals surface area contributed by atoms with Crippen LogP contribution in [0.4, 0.5) is 9.93 Å². The maximum atomic E-state index is 14.1. The first-order chi connectivity index (χ1) is 21.1. The molecule has 4 N–H and O–H groups in total. The maximum Gasteiger partial charge on any atom is 0.404 e. The number of anilines is 1. The van der Waals surface area contributed by atoms with Gasteiger partial charge in [-0.2, -0.15) is 4.31 Å². The summed E-state index contributed by atoms with van der Waals surface area (Å²) in [7, 11) is -4.01. The van der Waals surface area contributed by atoms with Gasteiger partial charge in [0.15, 0.2) is 5.13 Å². The summed E-state index contributed by atoms with van der Waals surface area (Å²) >= 11 is 1.56. The summed E-state index contributed by atoms with van der Waals surface area (Å²) < 4.78 is 30.3. The summed E-state index contributed by atoms with van der Waals surface area (Å²) in [5.41, 5.74) is 1.62. The average molecular weight is 644 g/mol. The van der Waals surface area contributed by atoms with Gasteiger partial charge in [0, 0.05) is 25.2 Å². The molecule has 2 unspecified atom stereocenters. The molecule has 2 fully saturated rings. The number of hydrogen-bond donors (Lipinski definition) is 4. The highest BCUT2D eigenvalue weighted by Gasteiger charge is 2.34. The Morgan fingerprint density at radius 2 is 1.73 bits per heavy atom. The van der Waals surface area contributed by atoms with Crippen LogP contribution in [-0.4, -0.2) is 84.4 Å². The molecule has 1 aliphatic carbocycles. The molecule has 240 valence electrons. The fourth-order valence-electron chi connectivity index (χ4n) is 6.51. The van der Waals surface area contributed by atoms with Gasteiger partial charge in [-0.25, -0.2) is 18.2 Å². The number of amides is 1. The second-order valence-corrected chi connectivity index (χ2v) is 15.4. The number of carboxylic acid groups (broad SMARTS) is 1. The first-order valence-electron chi connectivity index (χ1n) is 15.7. The Morgan fingerprint density at radius 1 is 1.05 bits per heavy atom. The molecule has 2 heterocycles. The van der Waals surface area contributed by atoms with Gasteiger partial charge in [-0.15, -0.1) is 0 Å². The number of aromatic nitrogens is 1. The summed E-state index contributed by atoms with van der Waals surface area (Å²) in [4.78, 5) is 19.3. The van der Waals surface area contributed by atoms with E-state index in [-0.39, 0.29) is 30.3 Å². The molecule has 3 aromatic rings. The lowest BCUT2D eigenvalue weighted by molar-refractivity contribution is 0.0980. The van der Waals surface area contributed by atoms with E-state index in [1.165, 1.54) is 17.1 Å². The van der Waals surface area contributed by atoms with Gasteiger partial charge in [-0.05, 0) is 74.9 Å². The molecule has 0 radical (unpaired) electrons. The third-order valence-electron chi connectivity index (χ3n) is 8.66. The summed E-state index contributed by atoms with van der Waals surface area (Å²) in [5, 5.41) is 27.5. The zero-order chi connectivity index (χ0) is 31.3. The number of carbonyl (C=O) groups is 1. The Hall–Kier alpha value is -2.77. The standard InChI is InChI=1S/C32H45N5O5S2/c1-22(2)20-36(21-29(38)28(35-32(39)40)18-23-8-4-3-5-9-23)44(41,42)26-12-13-27-30(19-26)43-31(34-27)37(24-10-6-7-11-24)25-14-16-33-17-15-25/h3-5,8-9,12-13,19,22,24-25,28-29,33,35,38H,6-7,10-11,14-18,20-21H2,1-2H3,(H,39,40). The van der Waals surface area contributed by atoms with Gasteiger partial charge in [0.25, 0.3) is 0 Å². The lowest BCUT2D eigenvalue weighted by Crippen LogP contribution is -2.50. The Morgan fingerprint density at radius 3 is 2.39 bits per heavy atom. The highest BCUT2D eigenvalue weighted by Crippen LogP contribution is 2.38. The lowest BCUT2D eigenvalue weighted by Gasteiger charge is -2.38. The molecular weight excluding hydrogens is 599 g/mol. The van der Waals surface area contributed by atoms with Crippen LogP contribution >= 0.6 is 11.3 Å². The molecule has 1 amide bonds. The molecule has 5 rings (SSSR count). The number of aliphatic hydroxyl groups excluding tert-OH is 1. The number of fused-ring (bicyclic) bond motifs is 1. The highest BCUT2D eigenvalue weighted by molar-refractivity contribution is 7.89. The molecule has 1 saturated carbocycles. The summed E-state index contributed by atoms with van der Waals surface area (Å²) in [6.45, 7) is 5.77. The van der Waals surface area contributed by atoms with Crippen molar-refractivity contribution in [3.63, 3.8) is 0 Å². The van der Waals surface area contributed by atoms with Crippen molar-refractivity contribution in [3.05, 3.63) is 54.1 Å². The molecule has 1 aliphatic heterocycles. The van der Waals surface area contributed by atoms with Crippen LogP contribution < -0.4 is 15.5 Å². The van der Waals surface area contributed by atoms with Gasteiger partial charge in [-0.1, -0.05) is 68.4 Å². The van der Waals surface area contributed by atoms with E-state index in [0.717, 1.165) is 59.7 Å². The average Bonchev–Trinajstić information content (AvgIpc) is 3.67. The molecule has 0 spiro atoms. The predicted octanol–water partition coefficient (Wildman–Crippen LogP) is 4.68. The van der Waals surface area contributed by atoms with Crippen molar-refractivity contribution in [1.82, 2.24) is 19.9 Å². The van der Waals surface area contributed by atoms with E-state index in [1.807, 2.05) is 44.2 Å². The minimum absolute atomic E-state index is 0.0133. The normalized spacial score (nSPS) is 18.2. The molecular formula is C32H45N5O5S2. The molecule has 1 aromatic heterocycles. The van der Waals surface area contributed by atoms with Crippen molar-refractivity contribution in [2.75, 3.05) is 31.1 Å². The van der Waals surface area contributed by atoms with E-state index in [9.17, 15) is 23.4 Å². The Kier molecular flexibility index (Phi) is 10.8. The second-order valence-electron chi connectivity index (χ2n) is 12.5. The molecule has 2 aliphatic rings. The van der Waals surface area contributed by atoms with Gasteiger partial charge in [0.05, 0.1) is 27.3 Å². The van der Waals surface area contributed by atoms with Crippen molar-refractivity contribution in [3.8, 4) is 0 Å². The van der Waals surface area contributed by atoms with E-state index < -0.39 is 28.3 Å². The number of sulfonamides is 1. The van der Waals surface area contributed by atoms with Gasteiger partial charge in [0.2, 0.25) is 10.0 Å². The van der Waals surface area contributed by atoms with Crippen LogP contribution in [0.1, 0.15) is 57.9 Å². The van der Waals surface area contributed by atoms with E-state index in [2.05, 4.69) is 15.5 Å². The summed E-state index contributed by atoms with van der Waals surface area (Å²) in [5.74, 6) is -0.0133. The topological polar surface area (TPSA) is 135 Å². The van der Waals surface area contributed by atoms with E-state index >= 15 is 0 Å². The predicted molar refractivity (Wildman–Crippen MR) is 175 cm³/mol. The zero-order valence-corrected chi connectivity index (χ0v) is 27.2. The van der Waals surface area contributed by atoms with Gasteiger partial charge in [0.1, 0.15) is 0 Å². The second kappa shape index (κ2) is 14.6. The van der Waals surface area contributed by atoms with Crippen LogP contribution in [0.25, 0.3) is 10.2 Å². The van der Waals surface area contributed by atoms with Crippen LogP contribution in [0, 0.1) is 5.92 Å². The minimum Gasteiger partial charge on any atom is -0.465 e. The van der Waals surface area contributed by atoms with Crippen molar-refractivity contribution in [2.45, 2.75) is 87.9 Å². The molecule has 12 heteroatoms. The number of hydrogen-bond acceptors (Lipinski definition) is 8. The van der Waals surface area contributed by atoms with Crippen LogP contribution in [0.3, 0.4) is 0 Å². The third-order valence-corrected chi connectivity index (χ3v) is 11.5. The molecule has 10 nitrogen and oxygen atoms in total. The first-order valence-corrected chi connectivity index (χ1v) is 18.0. The SMILES string of the molecule is CC(C)CN(CC(O)C(Cc1ccccc1)NC(=O)O)S(=O)(=O)c1ccc2nc(N(C3CCCC3)C3CCNCC3)sc2c1. The van der Waals surface area contributed by atoms with Gasteiger partial charge < -0.3 is 25.7 Å². The quantitative estimate of drug-likeness (QED) is 0.211. The Labute approximate surface area is 264 Å². The number of rotatable bonds is 13. The van der Waals surface area contributed by atoms with Crippen molar-refractivity contribution < 1.29 is 23.4 Å². The number of nitrogens with one attached hydrogen (secondary N) is 2. The molecule has 0 bridgehead atoms. The number of piperidine rings is 1. The molecule has 1 saturated heterocycles. The Balaban J connectivity index is 1.41. The van der Waals surface area contributed by atoms with Gasteiger partial charge >= 0.3 is 6.09 Å². The Bertz CT molecular complexity index is 1490. The third kappa shape index (κ3) is 7.89. The number of thiazole rings is 1. The van der Waals surface area contributed by atoms with E-state index in [1.54, 1.807) is 29.5 Å². The van der Waals surface area contributed by atoms with Gasteiger partial charge in [-0.3, -0.25) is 0 Å². The van der Waals surface area contributed by atoms with Crippen molar-refractivity contribution in [1.29, 1.82) is 0 Å². The fourth-order valence-corrected chi connectivity index (χ4v) is 9.39. The number of benzene rings is 2. The fraction of sp³-hybridized carbons (Fsp3) is 0.562. The zero-order valence-electron chi connectivity index (χ0n) is 25.6. The minimum atomic E-state index is -4.01. The van der Waals surface area contributed by atoms with E-state index in [4.69, 9.17) is 4.98 Å². The number of aliphatic hydroxyl groups is 1. The highest BCUT2D eigenvalue weighted by atomic mass is 32.2. The first kappa shape index (κ1) is 32.6. The van der Waals surface area contributed by atoms with Crippen LogP contribution in [0.15, 0.2) is 53.4 Å². The molecule has 44 heavy (non-hydrogen) atoms. The molecule has 2 aromatic carbocycles. The summed E-state index contributed by atoms with van der Waals surface area (Å²) in [6.07, 6.45) is 4.61.